The first-order valence-corrected chi connectivity index (χ1v) is 6.63. The third-order valence-corrected chi connectivity index (χ3v) is 3.97. The summed E-state index contributed by atoms with van der Waals surface area (Å²) in [6.07, 6.45) is 6.10. The van der Waals surface area contributed by atoms with Gasteiger partial charge in [0.1, 0.15) is 0 Å². The Morgan fingerprint density at radius 3 is 3.06 bits per heavy atom. The fraction of sp³-hybridized carbons (Fsp3) is 0.467. The van der Waals surface area contributed by atoms with Crippen LogP contribution in [0.4, 0.5) is 0 Å². The molecular weight excluding hydrogens is 208 g/mol. The maximum Gasteiger partial charge on any atom is 0.0486 e. The third kappa shape index (κ3) is 1.98. The zero-order valence-corrected chi connectivity index (χ0v) is 10.4. The molecule has 1 unspecified atom stereocenters. The van der Waals surface area contributed by atoms with Gasteiger partial charge in [-0.05, 0) is 56.3 Å². The minimum absolute atomic E-state index is 0.723. The van der Waals surface area contributed by atoms with E-state index in [4.69, 9.17) is 0 Å². The van der Waals surface area contributed by atoms with Gasteiger partial charge in [-0.1, -0.05) is 18.2 Å². The molecule has 3 rings (SSSR count). The van der Waals surface area contributed by atoms with Gasteiger partial charge in [0.25, 0.3) is 0 Å². The van der Waals surface area contributed by atoms with Gasteiger partial charge >= 0.3 is 0 Å². The van der Waals surface area contributed by atoms with E-state index in [1.807, 2.05) is 0 Å². The number of H-pyrrole nitrogens is 1. The second-order valence-corrected chi connectivity index (χ2v) is 5.12. The van der Waals surface area contributed by atoms with Crippen LogP contribution in [0.15, 0.2) is 24.4 Å². The van der Waals surface area contributed by atoms with E-state index in [0.29, 0.717) is 0 Å². The molecule has 2 heterocycles. The minimum Gasteiger partial charge on any atom is -0.361 e. The maximum absolute atomic E-state index is 3.49. The van der Waals surface area contributed by atoms with Crippen LogP contribution in [-0.2, 0) is 0 Å². The normalized spacial score (nSPS) is 21.6. The first-order chi connectivity index (χ1) is 8.36. The number of aromatic amines is 1. The van der Waals surface area contributed by atoms with Crippen molar-refractivity contribution in [3.63, 3.8) is 0 Å². The second kappa shape index (κ2) is 4.53. The van der Waals surface area contributed by atoms with Gasteiger partial charge in [0.15, 0.2) is 0 Å². The lowest BCUT2D eigenvalue weighted by Gasteiger charge is -2.12. The number of hydrogen-bond donors (Lipinski definition) is 2. The molecule has 1 aliphatic heterocycles. The molecule has 90 valence electrons. The van der Waals surface area contributed by atoms with Crippen LogP contribution in [-0.4, -0.2) is 18.1 Å². The molecule has 0 bridgehead atoms. The van der Waals surface area contributed by atoms with E-state index in [1.54, 1.807) is 0 Å². The lowest BCUT2D eigenvalue weighted by molar-refractivity contribution is 0.613. The second-order valence-electron chi connectivity index (χ2n) is 5.12. The van der Waals surface area contributed by atoms with Gasteiger partial charge < -0.3 is 10.3 Å². The van der Waals surface area contributed by atoms with Crippen molar-refractivity contribution >= 4 is 10.9 Å². The van der Waals surface area contributed by atoms with E-state index >= 15 is 0 Å². The van der Waals surface area contributed by atoms with Gasteiger partial charge in [0.2, 0.25) is 0 Å². The highest BCUT2D eigenvalue weighted by molar-refractivity contribution is 5.86. The molecule has 0 saturated carbocycles. The Labute approximate surface area is 102 Å². The van der Waals surface area contributed by atoms with E-state index in [0.717, 1.165) is 12.5 Å². The highest BCUT2D eigenvalue weighted by atomic mass is 14.8. The number of nitrogens with one attached hydrogen (secondary N) is 2. The molecule has 17 heavy (non-hydrogen) atoms. The van der Waals surface area contributed by atoms with Crippen LogP contribution in [0.3, 0.4) is 0 Å². The number of benzene rings is 1. The Bertz CT molecular complexity index is 505. The Morgan fingerprint density at radius 2 is 2.12 bits per heavy atom. The summed E-state index contributed by atoms with van der Waals surface area (Å²) in [7, 11) is 0. The van der Waals surface area contributed by atoms with Crippen molar-refractivity contribution in [3.8, 4) is 0 Å². The number of hydrogen-bond acceptors (Lipinski definition) is 1. The Kier molecular flexibility index (Phi) is 2.89. The van der Waals surface area contributed by atoms with Gasteiger partial charge in [0.05, 0.1) is 0 Å². The highest BCUT2D eigenvalue weighted by Gasteiger charge is 2.17. The van der Waals surface area contributed by atoms with Crippen LogP contribution in [0.5, 0.6) is 0 Å². The summed E-state index contributed by atoms with van der Waals surface area (Å²) in [4.78, 5) is 3.45. The van der Waals surface area contributed by atoms with Crippen molar-refractivity contribution in [2.24, 2.45) is 0 Å². The maximum atomic E-state index is 3.49. The van der Waals surface area contributed by atoms with Crippen molar-refractivity contribution in [2.75, 3.05) is 13.1 Å². The molecule has 2 aromatic rings. The van der Waals surface area contributed by atoms with Gasteiger partial charge in [0, 0.05) is 17.1 Å². The predicted octanol–water partition coefficient (Wildman–Crippen LogP) is 3.33. The summed E-state index contributed by atoms with van der Waals surface area (Å²) in [5, 5.41) is 4.92. The quantitative estimate of drug-likeness (QED) is 0.770. The van der Waals surface area contributed by atoms with Gasteiger partial charge in [-0.2, -0.15) is 0 Å². The summed E-state index contributed by atoms with van der Waals surface area (Å²) >= 11 is 0. The van der Waals surface area contributed by atoms with Crippen molar-refractivity contribution in [1.82, 2.24) is 10.3 Å². The van der Waals surface area contributed by atoms with Gasteiger partial charge in [-0.3, -0.25) is 0 Å². The lowest BCUT2D eigenvalue weighted by Crippen LogP contribution is -2.13. The molecule has 0 amide bonds. The van der Waals surface area contributed by atoms with Crippen molar-refractivity contribution in [2.45, 2.75) is 32.1 Å². The van der Waals surface area contributed by atoms with Gasteiger partial charge in [-0.25, -0.2) is 0 Å². The fourth-order valence-corrected chi connectivity index (χ4v) is 3.00. The van der Waals surface area contributed by atoms with Crippen LogP contribution in [0.25, 0.3) is 10.9 Å². The average Bonchev–Trinajstić information content (AvgIpc) is 2.59. The number of aromatic nitrogens is 1. The Balaban J connectivity index is 2.02. The molecule has 2 nitrogen and oxygen atoms in total. The largest absolute Gasteiger partial charge is 0.361 e. The molecule has 1 aromatic carbocycles. The molecule has 1 fully saturated rings. The number of rotatable bonds is 1. The molecule has 1 saturated heterocycles. The fourth-order valence-electron chi connectivity index (χ4n) is 3.00. The topological polar surface area (TPSA) is 27.8 Å². The first kappa shape index (κ1) is 10.8. The SMILES string of the molecule is Cc1cccc2c(C3CCCNCC3)c[nH]c12. The standard InChI is InChI=1S/C15H20N2/c1-11-4-2-6-13-14(10-17-15(11)13)12-5-3-8-16-9-7-12/h2,4,6,10,12,16-17H,3,5,7-9H2,1H3. The minimum atomic E-state index is 0.723. The number of aryl methyl sites for hydroxylation is 1. The number of fused-ring (bicyclic) bond motifs is 1. The summed E-state index contributed by atoms with van der Waals surface area (Å²) in [6.45, 7) is 4.51. The Morgan fingerprint density at radius 1 is 1.18 bits per heavy atom. The van der Waals surface area contributed by atoms with Crippen LogP contribution in [0.2, 0.25) is 0 Å². The van der Waals surface area contributed by atoms with Crippen molar-refractivity contribution in [3.05, 3.63) is 35.5 Å². The van der Waals surface area contributed by atoms with Gasteiger partial charge in [-0.15, -0.1) is 0 Å². The van der Waals surface area contributed by atoms with Crippen molar-refractivity contribution < 1.29 is 0 Å². The van der Waals surface area contributed by atoms with Crippen LogP contribution in [0, 0.1) is 6.92 Å². The molecule has 2 N–H and O–H groups in total. The summed E-state index contributed by atoms with van der Waals surface area (Å²) in [5.74, 6) is 0.723. The highest BCUT2D eigenvalue weighted by Crippen LogP contribution is 2.32. The zero-order chi connectivity index (χ0) is 11.7. The van der Waals surface area contributed by atoms with Crippen LogP contribution < -0.4 is 5.32 Å². The van der Waals surface area contributed by atoms with E-state index < -0.39 is 0 Å². The van der Waals surface area contributed by atoms with Crippen LogP contribution in [0.1, 0.15) is 36.3 Å². The lowest BCUT2D eigenvalue weighted by atomic mass is 9.91. The van der Waals surface area contributed by atoms with E-state index in [-0.39, 0.29) is 0 Å². The van der Waals surface area contributed by atoms with E-state index in [9.17, 15) is 0 Å². The smallest absolute Gasteiger partial charge is 0.0486 e. The summed E-state index contributed by atoms with van der Waals surface area (Å²) < 4.78 is 0. The molecule has 2 heteroatoms. The average molecular weight is 228 g/mol. The van der Waals surface area contributed by atoms with E-state index in [1.165, 1.54) is 47.8 Å². The summed E-state index contributed by atoms with van der Waals surface area (Å²) in [5.41, 5.74) is 4.19. The molecule has 1 aromatic heterocycles. The first-order valence-electron chi connectivity index (χ1n) is 6.63. The molecule has 0 aliphatic carbocycles. The molecule has 0 spiro atoms. The summed E-state index contributed by atoms with van der Waals surface area (Å²) in [6, 6.07) is 6.60. The Hall–Kier alpha value is -1.28. The zero-order valence-electron chi connectivity index (χ0n) is 10.4. The van der Waals surface area contributed by atoms with Crippen LogP contribution >= 0.6 is 0 Å². The number of para-hydroxylation sites is 1. The monoisotopic (exact) mass is 228 g/mol. The molecule has 1 aliphatic rings. The third-order valence-electron chi connectivity index (χ3n) is 3.97. The van der Waals surface area contributed by atoms with Crippen molar-refractivity contribution in [1.29, 1.82) is 0 Å². The molecule has 0 radical (unpaired) electrons. The van der Waals surface area contributed by atoms with E-state index in [2.05, 4.69) is 41.6 Å². The molecule has 1 atom stereocenters. The molecular formula is C15H20N2. The predicted molar refractivity (Wildman–Crippen MR) is 72.5 cm³/mol.